The third-order valence-corrected chi connectivity index (χ3v) is 2.87. The molecule has 0 aliphatic heterocycles. The Morgan fingerprint density at radius 3 is 2.83 bits per heavy atom. The van der Waals surface area contributed by atoms with E-state index in [1.807, 2.05) is 0 Å². The van der Waals surface area contributed by atoms with Crippen molar-refractivity contribution in [1.82, 2.24) is 0 Å². The van der Waals surface area contributed by atoms with Gasteiger partial charge in [-0.25, -0.2) is 0 Å². The first-order valence-electron chi connectivity index (χ1n) is 4.55. The molecule has 2 unspecified atom stereocenters. The number of fused-ring (bicyclic) bond motifs is 1. The average Bonchev–Trinajstić information content (AvgIpc) is 2.29. The molecule has 1 heteroatoms. The van der Waals surface area contributed by atoms with Crippen molar-refractivity contribution in [1.29, 1.82) is 0 Å². The van der Waals surface area contributed by atoms with Gasteiger partial charge in [-0.05, 0) is 36.0 Å². The van der Waals surface area contributed by atoms with Gasteiger partial charge in [0.2, 0.25) is 0 Å². The van der Waals surface area contributed by atoms with E-state index in [-0.39, 0.29) is 6.04 Å². The summed E-state index contributed by atoms with van der Waals surface area (Å²) < 4.78 is 0. The van der Waals surface area contributed by atoms with E-state index in [4.69, 9.17) is 5.73 Å². The van der Waals surface area contributed by atoms with Crippen LogP contribution in [0.2, 0.25) is 0 Å². The zero-order valence-corrected chi connectivity index (χ0v) is 7.67. The molecule has 2 N–H and O–H groups in total. The minimum Gasteiger partial charge on any atom is -0.324 e. The van der Waals surface area contributed by atoms with Gasteiger partial charge in [0.05, 0.1) is 0 Å². The molecule has 1 aliphatic carbocycles. The highest BCUT2D eigenvalue weighted by molar-refractivity contribution is 5.42. The van der Waals surface area contributed by atoms with Crippen molar-refractivity contribution in [3.63, 3.8) is 0 Å². The van der Waals surface area contributed by atoms with Crippen molar-refractivity contribution in [2.75, 3.05) is 0 Å². The van der Waals surface area contributed by atoms with Gasteiger partial charge in [0, 0.05) is 6.04 Å². The lowest BCUT2D eigenvalue weighted by Crippen LogP contribution is -2.06. The van der Waals surface area contributed by atoms with Crippen LogP contribution in [0.4, 0.5) is 0 Å². The Balaban J connectivity index is 2.59. The minimum absolute atomic E-state index is 0.274. The normalized spacial score (nSPS) is 27.2. The van der Waals surface area contributed by atoms with Crippen molar-refractivity contribution in [3.8, 4) is 0 Å². The second kappa shape index (κ2) is 2.60. The van der Waals surface area contributed by atoms with E-state index in [2.05, 4.69) is 32.0 Å². The quantitative estimate of drug-likeness (QED) is 0.621. The summed E-state index contributed by atoms with van der Waals surface area (Å²) in [4.78, 5) is 0. The van der Waals surface area contributed by atoms with Gasteiger partial charge in [-0.1, -0.05) is 25.1 Å². The standard InChI is InChI=1S/C11H15N/c1-7-4-3-5-9-8(2)6-10(12)11(7)9/h3-5,8,10H,6,12H2,1-2H3. The van der Waals surface area contributed by atoms with Crippen molar-refractivity contribution in [2.45, 2.75) is 32.2 Å². The van der Waals surface area contributed by atoms with Gasteiger partial charge >= 0.3 is 0 Å². The number of aryl methyl sites for hydroxylation is 1. The summed E-state index contributed by atoms with van der Waals surface area (Å²) in [6.45, 7) is 4.40. The molecule has 0 saturated heterocycles. The molecule has 2 atom stereocenters. The lowest BCUT2D eigenvalue weighted by atomic mass is 10.0. The Hall–Kier alpha value is -0.820. The lowest BCUT2D eigenvalue weighted by Gasteiger charge is -2.07. The second-order valence-electron chi connectivity index (χ2n) is 3.82. The molecule has 0 fully saturated rings. The summed E-state index contributed by atoms with van der Waals surface area (Å²) in [5.74, 6) is 0.648. The maximum Gasteiger partial charge on any atom is 0.0306 e. The fourth-order valence-electron chi connectivity index (χ4n) is 2.27. The molecule has 0 bridgehead atoms. The molecule has 0 radical (unpaired) electrons. The Labute approximate surface area is 73.6 Å². The van der Waals surface area contributed by atoms with Crippen molar-refractivity contribution in [2.24, 2.45) is 5.73 Å². The van der Waals surface area contributed by atoms with Gasteiger partial charge < -0.3 is 5.73 Å². The van der Waals surface area contributed by atoms with Crippen molar-refractivity contribution < 1.29 is 0 Å². The molecule has 1 nitrogen and oxygen atoms in total. The van der Waals surface area contributed by atoms with E-state index >= 15 is 0 Å². The zero-order valence-electron chi connectivity index (χ0n) is 7.67. The Kier molecular flexibility index (Phi) is 1.69. The predicted octanol–water partition coefficient (Wildman–Crippen LogP) is 2.50. The van der Waals surface area contributed by atoms with Gasteiger partial charge in [0.25, 0.3) is 0 Å². The van der Waals surface area contributed by atoms with Crippen LogP contribution in [-0.2, 0) is 0 Å². The summed E-state index contributed by atoms with van der Waals surface area (Å²) in [6.07, 6.45) is 1.11. The molecule has 0 amide bonds. The second-order valence-corrected chi connectivity index (χ2v) is 3.82. The zero-order chi connectivity index (χ0) is 8.72. The molecular formula is C11H15N. The first kappa shape index (κ1) is 7.81. The summed E-state index contributed by atoms with van der Waals surface area (Å²) in [7, 11) is 0. The molecule has 1 aromatic carbocycles. The van der Waals surface area contributed by atoms with E-state index in [0.29, 0.717) is 5.92 Å². The molecule has 0 heterocycles. The molecule has 64 valence electrons. The summed E-state index contributed by atoms with van der Waals surface area (Å²) in [6, 6.07) is 6.76. The Bertz CT molecular complexity index is 304. The SMILES string of the molecule is Cc1cccc2c1C(N)CC2C. The van der Waals surface area contributed by atoms with Crippen LogP contribution < -0.4 is 5.73 Å². The molecule has 0 spiro atoms. The maximum absolute atomic E-state index is 6.04. The first-order chi connectivity index (χ1) is 5.70. The van der Waals surface area contributed by atoms with Gasteiger partial charge in [-0.2, -0.15) is 0 Å². The first-order valence-corrected chi connectivity index (χ1v) is 4.55. The number of rotatable bonds is 0. The minimum atomic E-state index is 0.274. The highest BCUT2D eigenvalue weighted by atomic mass is 14.7. The van der Waals surface area contributed by atoms with Crippen molar-refractivity contribution in [3.05, 3.63) is 34.9 Å². The number of hydrogen-bond acceptors (Lipinski definition) is 1. The van der Waals surface area contributed by atoms with Gasteiger partial charge in [-0.15, -0.1) is 0 Å². The van der Waals surface area contributed by atoms with E-state index in [0.717, 1.165) is 6.42 Å². The third kappa shape index (κ3) is 0.969. The van der Waals surface area contributed by atoms with Crippen LogP contribution in [0.3, 0.4) is 0 Å². The maximum atomic E-state index is 6.04. The predicted molar refractivity (Wildman–Crippen MR) is 51.1 cm³/mol. The van der Waals surface area contributed by atoms with Crippen LogP contribution in [0.5, 0.6) is 0 Å². The molecular weight excluding hydrogens is 146 g/mol. The monoisotopic (exact) mass is 161 g/mol. The topological polar surface area (TPSA) is 26.0 Å². The van der Waals surface area contributed by atoms with Crippen LogP contribution in [0, 0.1) is 6.92 Å². The van der Waals surface area contributed by atoms with Gasteiger partial charge in [-0.3, -0.25) is 0 Å². The van der Waals surface area contributed by atoms with E-state index < -0.39 is 0 Å². The van der Waals surface area contributed by atoms with Gasteiger partial charge in [0.1, 0.15) is 0 Å². The largest absolute Gasteiger partial charge is 0.324 e. The lowest BCUT2D eigenvalue weighted by molar-refractivity contribution is 0.639. The summed E-state index contributed by atoms with van der Waals surface area (Å²) in [5.41, 5.74) is 10.2. The molecule has 2 rings (SSSR count). The Morgan fingerprint density at radius 2 is 2.17 bits per heavy atom. The molecule has 1 aromatic rings. The number of nitrogens with two attached hydrogens (primary N) is 1. The summed E-state index contributed by atoms with van der Waals surface area (Å²) in [5, 5.41) is 0. The van der Waals surface area contributed by atoms with Crippen LogP contribution >= 0.6 is 0 Å². The van der Waals surface area contributed by atoms with Crippen LogP contribution in [0.1, 0.15) is 42.0 Å². The third-order valence-electron chi connectivity index (χ3n) is 2.87. The average molecular weight is 161 g/mol. The molecule has 0 saturated carbocycles. The molecule has 1 aliphatic rings. The molecule has 0 aromatic heterocycles. The van der Waals surface area contributed by atoms with Crippen LogP contribution in [0.15, 0.2) is 18.2 Å². The number of hydrogen-bond donors (Lipinski definition) is 1. The number of benzene rings is 1. The van der Waals surface area contributed by atoms with E-state index in [9.17, 15) is 0 Å². The molecule has 12 heavy (non-hydrogen) atoms. The van der Waals surface area contributed by atoms with Crippen LogP contribution in [-0.4, -0.2) is 0 Å². The van der Waals surface area contributed by atoms with E-state index in [1.165, 1.54) is 16.7 Å². The highest BCUT2D eigenvalue weighted by Gasteiger charge is 2.26. The summed E-state index contributed by atoms with van der Waals surface area (Å²) >= 11 is 0. The smallest absolute Gasteiger partial charge is 0.0306 e. The van der Waals surface area contributed by atoms with Crippen LogP contribution in [0.25, 0.3) is 0 Å². The van der Waals surface area contributed by atoms with Gasteiger partial charge in [0.15, 0.2) is 0 Å². The fraction of sp³-hybridized carbons (Fsp3) is 0.455. The highest BCUT2D eigenvalue weighted by Crippen LogP contribution is 2.39. The fourth-order valence-corrected chi connectivity index (χ4v) is 2.27. The Morgan fingerprint density at radius 1 is 1.42 bits per heavy atom. The van der Waals surface area contributed by atoms with E-state index in [1.54, 1.807) is 0 Å². The van der Waals surface area contributed by atoms with Crippen molar-refractivity contribution >= 4 is 0 Å².